The number of nitrogens with one attached hydrogen (secondary N) is 1. The summed E-state index contributed by atoms with van der Waals surface area (Å²) in [5.74, 6) is 0. The van der Waals surface area contributed by atoms with E-state index in [9.17, 15) is 0 Å². The molecule has 0 aliphatic heterocycles. The summed E-state index contributed by atoms with van der Waals surface area (Å²) in [4.78, 5) is 2.14. The monoisotopic (exact) mass is 284 g/mol. The van der Waals surface area contributed by atoms with Gasteiger partial charge < -0.3 is 15.0 Å². The van der Waals surface area contributed by atoms with Crippen molar-refractivity contribution in [1.82, 2.24) is 0 Å². The molecule has 0 heterocycles. The Morgan fingerprint density at radius 1 is 1.05 bits per heavy atom. The number of aryl methyl sites for hydroxylation is 1. The molecule has 0 radical (unpaired) electrons. The zero-order valence-corrected chi connectivity index (χ0v) is 13.3. The maximum absolute atomic E-state index is 5.25. The first-order valence-corrected chi connectivity index (χ1v) is 7.19. The Morgan fingerprint density at radius 3 is 2.43 bits per heavy atom. The molecule has 0 spiro atoms. The van der Waals surface area contributed by atoms with E-state index in [1.165, 1.54) is 22.4 Å². The minimum absolute atomic E-state index is 0.648. The molecule has 2 aromatic carbocycles. The highest BCUT2D eigenvalue weighted by atomic mass is 16.5. The number of rotatable bonds is 6. The Balaban J connectivity index is 2.11. The smallest absolute Gasteiger partial charge is 0.0716 e. The molecular formula is C18H24N2O. The Bertz CT molecular complexity index is 594. The van der Waals surface area contributed by atoms with Gasteiger partial charge in [-0.15, -0.1) is 0 Å². The van der Waals surface area contributed by atoms with Crippen LogP contribution in [0.2, 0.25) is 0 Å². The summed E-state index contributed by atoms with van der Waals surface area (Å²) in [6.45, 7) is 3.58. The largest absolute Gasteiger partial charge is 0.381 e. The minimum Gasteiger partial charge on any atom is -0.381 e. The van der Waals surface area contributed by atoms with Crippen LogP contribution >= 0.6 is 0 Å². The van der Waals surface area contributed by atoms with Crippen LogP contribution in [0.15, 0.2) is 42.5 Å². The second-order valence-electron chi connectivity index (χ2n) is 5.45. The molecule has 0 atom stereocenters. The van der Waals surface area contributed by atoms with E-state index in [2.05, 4.69) is 67.6 Å². The first kappa shape index (κ1) is 15.4. The molecule has 21 heavy (non-hydrogen) atoms. The third-order valence-corrected chi connectivity index (χ3v) is 3.59. The highest BCUT2D eigenvalue weighted by Gasteiger charge is 2.04. The Kier molecular flexibility index (Phi) is 5.23. The number of hydrogen-bond acceptors (Lipinski definition) is 3. The van der Waals surface area contributed by atoms with Crippen molar-refractivity contribution in [1.29, 1.82) is 0 Å². The van der Waals surface area contributed by atoms with E-state index in [1.54, 1.807) is 7.11 Å². The average molecular weight is 284 g/mol. The molecule has 0 aliphatic carbocycles. The average Bonchev–Trinajstić information content (AvgIpc) is 2.47. The highest BCUT2D eigenvalue weighted by molar-refractivity contribution is 5.62. The number of methoxy groups -OCH3 is 1. The van der Waals surface area contributed by atoms with Gasteiger partial charge in [-0.2, -0.15) is 0 Å². The van der Waals surface area contributed by atoms with Crippen molar-refractivity contribution in [3.8, 4) is 0 Å². The molecule has 2 rings (SSSR count). The number of anilines is 2. The molecule has 0 saturated carbocycles. The lowest BCUT2D eigenvalue weighted by atomic mass is 10.1. The molecule has 0 unspecified atom stereocenters. The summed E-state index contributed by atoms with van der Waals surface area (Å²) in [6.07, 6.45) is 0. The Morgan fingerprint density at radius 2 is 1.76 bits per heavy atom. The summed E-state index contributed by atoms with van der Waals surface area (Å²) >= 11 is 0. The second kappa shape index (κ2) is 7.14. The van der Waals surface area contributed by atoms with Crippen molar-refractivity contribution >= 4 is 11.4 Å². The van der Waals surface area contributed by atoms with Crippen LogP contribution in [-0.4, -0.2) is 21.2 Å². The summed E-state index contributed by atoms with van der Waals surface area (Å²) < 4.78 is 5.25. The number of hydrogen-bond donors (Lipinski definition) is 1. The lowest BCUT2D eigenvalue weighted by Gasteiger charge is -2.18. The summed E-state index contributed by atoms with van der Waals surface area (Å²) in [7, 11) is 5.87. The van der Waals surface area contributed by atoms with Crippen LogP contribution in [0.25, 0.3) is 0 Å². The molecule has 2 aromatic rings. The summed E-state index contributed by atoms with van der Waals surface area (Å²) in [5.41, 5.74) is 6.16. The van der Waals surface area contributed by atoms with Gasteiger partial charge in [-0.05, 0) is 35.7 Å². The van der Waals surface area contributed by atoms with E-state index < -0.39 is 0 Å². The maximum atomic E-state index is 5.25. The molecule has 0 aliphatic rings. The van der Waals surface area contributed by atoms with E-state index in [0.717, 1.165) is 12.2 Å². The van der Waals surface area contributed by atoms with Crippen molar-refractivity contribution in [2.24, 2.45) is 0 Å². The van der Waals surface area contributed by atoms with Gasteiger partial charge in [0.25, 0.3) is 0 Å². The molecule has 0 saturated heterocycles. The Hall–Kier alpha value is -2.00. The van der Waals surface area contributed by atoms with Crippen molar-refractivity contribution < 1.29 is 4.74 Å². The number of benzene rings is 2. The standard InChI is InChI=1S/C18H24N2O/c1-14-9-10-17(11-18(14)20(2)3)19-12-15-7-5-6-8-16(15)13-21-4/h5-11,19H,12-13H2,1-4H3. The molecule has 0 amide bonds. The van der Waals surface area contributed by atoms with Gasteiger partial charge in [0, 0.05) is 39.1 Å². The molecule has 3 nitrogen and oxygen atoms in total. The first-order valence-electron chi connectivity index (χ1n) is 7.19. The number of ether oxygens (including phenoxy) is 1. The zero-order valence-electron chi connectivity index (χ0n) is 13.3. The van der Waals surface area contributed by atoms with Gasteiger partial charge in [0.1, 0.15) is 0 Å². The van der Waals surface area contributed by atoms with Gasteiger partial charge >= 0.3 is 0 Å². The molecule has 0 bridgehead atoms. The van der Waals surface area contributed by atoms with Gasteiger partial charge in [-0.3, -0.25) is 0 Å². The van der Waals surface area contributed by atoms with Crippen molar-refractivity contribution in [3.63, 3.8) is 0 Å². The van der Waals surface area contributed by atoms with Crippen LogP contribution in [0, 0.1) is 6.92 Å². The quantitative estimate of drug-likeness (QED) is 0.872. The zero-order chi connectivity index (χ0) is 15.2. The van der Waals surface area contributed by atoms with E-state index >= 15 is 0 Å². The van der Waals surface area contributed by atoms with Gasteiger partial charge in [0.15, 0.2) is 0 Å². The van der Waals surface area contributed by atoms with Crippen LogP contribution in [0.5, 0.6) is 0 Å². The molecule has 1 N–H and O–H groups in total. The van der Waals surface area contributed by atoms with E-state index in [0.29, 0.717) is 6.61 Å². The maximum Gasteiger partial charge on any atom is 0.0716 e. The normalized spacial score (nSPS) is 10.5. The fraction of sp³-hybridized carbons (Fsp3) is 0.333. The lowest BCUT2D eigenvalue weighted by Crippen LogP contribution is -2.11. The molecule has 112 valence electrons. The SMILES string of the molecule is COCc1ccccc1CNc1ccc(C)c(N(C)C)c1. The summed E-state index contributed by atoms with van der Waals surface area (Å²) in [5, 5.41) is 3.50. The van der Waals surface area contributed by atoms with Crippen molar-refractivity contribution in [2.75, 3.05) is 31.4 Å². The number of nitrogens with zero attached hydrogens (tertiary/aromatic N) is 1. The van der Waals surface area contributed by atoms with Crippen LogP contribution in [0.1, 0.15) is 16.7 Å². The summed E-state index contributed by atoms with van der Waals surface area (Å²) in [6, 6.07) is 14.8. The van der Waals surface area contributed by atoms with Crippen LogP contribution in [0.4, 0.5) is 11.4 Å². The fourth-order valence-electron chi connectivity index (χ4n) is 2.42. The van der Waals surface area contributed by atoms with Crippen molar-refractivity contribution in [2.45, 2.75) is 20.1 Å². The van der Waals surface area contributed by atoms with Gasteiger partial charge in [-0.1, -0.05) is 30.3 Å². The van der Waals surface area contributed by atoms with Crippen LogP contribution in [0.3, 0.4) is 0 Å². The van der Waals surface area contributed by atoms with Crippen molar-refractivity contribution in [3.05, 3.63) is 59.2 Å². The first-order chi connectivity index (χ1) is 10.1. The third kappa shape index (κ3) is 3.99. The highest BCUT2D eigenvalue weighted by Crippen LogP contribution is 2.23. The third-order valence-electron chi connectivity index (χ3n) is 3.59. The van der Waals surface area contributed by atoms with Crippen LogP contribution in [-0.2, 0) is 17.9 Å². The van der Waals surface area contributed by atoms with Gasteiger partial charge in [0.05, 0.1) is 6.61 Å². The lowest BCUT2D eigenvalue weighted by molar-refractivity contribution is 0.184. The predicted molar refractivity (Wildman–Crippen MR) is 90.0 cm³/mol. The predicted octanol–water partition coefficient (Wildman–Crippen LogP) is 3.82. The van der Waals surface area contributed by atoms with Gasteiger partial charge in [0.2, 0.25) is 0 Å². The fourth-order valence-corrected chi connectivity index (χ4v) is 2.42. The second-order valence-corrected chi connectivity index (χ2v) is 5.45. The van der Waals surface area contributed by atoms with E-state index in [4.69, 9.17) is 4.74 Å². The molecule has 0 aromatic heterocycles. The van der Waals surface area contributed by atoms with Crippen LogP contribution < -0.4 is 10.2 Å². The molecule has 0 fully saturated rings. The molecule has 3 heteroatoms. The topological polar surface area (TPSA) is 24.5 Å². The van der Waals surface area contributed by atoms with E-state index in [-0.39, 0.29) is 0 Å². The van der Waals surface area contributed by atoms with Gasteiger partial charge in [-0.25, -0.2) is 0 Å². The molecular weight excluding hydrogens is 260 g/mol. The Labute approximate surface area is 127 Å². The van der Waals surface area contributed by atoms with E-state index in [1.807, 2.05) is 6.07 Å². The minimum atomic E-state index is 0.648.